The van der Waals surface area contributed by atoms with Gasteiger partial charge in [0.1, 0.15) is 5.75 Å². The van der Waals surface area contributed by atoms with Crippen molar-refractivity contribution in [3.05, 3.63) is 24.3 Å². The molecule has 0 bridgehead atoms. The second-order valence-electron chi connectivity index (χ2n) is 6.46. The largest absolute Gasteiger partial charge is 0.508 e. The maximum absolute atomic E-state index is 12.6. The van der Waals surface area contributed by atoms with Gasteiger partial charge < -0.3 is 5.11 Å². The number of rotatable bonds is 2. The molecule has 0 radical (unpaired) electrons. The lowest BCUT2D eigenvalue weighted by atomic mass is 9.68. The summed E-state index contributed by atoms with van der Waals surface area (Å²) < 4.78 is 26.8. The zero-order valence-electron chi connectivity index (χ0n) is 12.3. The lowest BCUT2D eigenvalue weighted by Crippen LogP contribution is -2.43. The van der Waals surface area contributed by atoms with Gasteiger partial charge in [-0.1, -0.05) is 25.3 Å². The highest BCUT2D eigenvalue weighted by molar-refractivity contribution is 7.89. The molecule has 0 unspecified atom stereocenters. The molecular formula is C16H23NO3S. The number of benzene rings is 1. The lowest BCUT2D eigenvalue weighted by molar-refractivity contribution is 0.102. The van der Waals surface area contributed by atoms with Crippen LogP contribution < -0.4 is 0 Å². The Morgan fingerprint density at radius 1 is 1.00 bits per heavy atom. The van der Waals surface area contributed by atoms with Gasteiger partial charge in [0.2, 0.25) is 10.0 Å². The van der Waals surface area contributed by atoms with Crippen molar-refractivity contribution in [2.75, 3.05) is 13.1 Å². The lowest BCUT2D eigenvalue weighted by Gasteiger charge is -2.43. The van der Waals surface area contributed by atoms with Gasteiger partial charge in [-0.25, -0.2) is 8.42 Å². The van der Waals surface area contributed by atoms with Gasteiger partial charge in [-0.05, 0) is 49.3 Å². The first-order valence-corrected chi connectivity index (χ1v) is 9.25. The third kappa shape index (κ3) is 2.94. The van der Waals surface area contributed by atoms with Crippen LogP contribution in [0, 0.1) is 5.41 Å². The molecule has 116 valence electrons. The van der Waals surface area contributed by atoms with Crippen LogP contribution in [0.25, 0.3) is 0 Å². The fourth-order valence-corrected chi connectivity index (χ4v) is 5.28. The zero-order chi connectivity index (χ0) is 14.9. The monoisotopic (exact) mass is 309 g/mol. The minimum absolute atomic E-state index is 0.00293. The molecule has 1 N–H and O–H groups in total. The van der Waals surface area contributed by atoms with E-state index in [1.165, 1.54) is 44.2 Å². The molecule has 1 aromatic rings. The van der Waals surface area contributed by atoms with E-state index in [2.05, 4.69) is 0 Å². The molecule has 0 amide bonds. The van der Waals surface area contributed by atoms with E-state index in [4.69, 9.17) is 0 Å². The van der Waals surface area contributed by atoms with Gasteiger partial charge in [0.25, 0.3) is 0 Å². The molecule has 4 nitrogen and oxygen atoms in total. The summed E-state index contributed by atoms with van der Waals surface area (Å²) >= 11 is 0. The fraction of sp³-hybridized carbons (Fsp3) is 0.625. The van der Waals surface area contributed by atoms with Gasteiger partial charge in [0.15, 0.2) is 0 Å². The Morgan fingerprint density at radius 2 is 1.67 bits per heavy atom. The Morgan fingerprint density at radius 3 is 2.29 bits per heavy atom. The van der Waals surface area contributed by atoms with E-state index in [1.807, 2.05) is 0 Å². The van der Waals surface area contributed by atoms with E-state index in [9.17, 15) is 13.5 Å². The van der Waals surface area contributed by atoms with Crippen molar-refractivity contribution in [2.45, 2.75) is 49.8 Å². The number of sulfonamides is 1. The molecule has 21 heavy (non-hydrogen) atoms. The van der Waals surface area contributed by atoms with Crippen LogP contribution in [-0.4, -0.2) is 30.9 Å². The van der Waals surface area contributed by atoms with E-state index in [0.717, 1.165) is 12.8 Å². The minimum atomic E-state index is -3.47. The molecule has 2 fully saturated rings. The molecule has 1 saturated heterocycles. The normalized spacial score (nSPS) is 23.2. The van der Waals surface area contributed by atoms with Crippen molar-refractivity contribution >= 4 is 10.0 Å². The van der Waals surface area contributed by atoms with Gasteiger partial charge >= 0.3 is 0 Å². The second kappa shape index (κ2) is 5.61. The van der Waals surface area contributed by atoms with Gasteiger partial charge in [0, 0.05) is 13.1 Å². The molecule has 3 rings (SSSR count). The number of phenolic OH excluding ortho intramolecular Hbond substituents is 1. The van der Waals surface area contributed by atoms with E-state index in [-0.39, 0.29) is 10.6 Å². The Hall–Kier alpha value is -1.07. The van der Waals surface area contributed by atoms with E-state index >= 15 is 0 Å². The Labute approximate surface area is 126 Å². The van der Waals surface area contributed by atoms with Crippen molar-refractivity contribution in [3.8, 4) is 5.75 Å². The van der Waals surface area contributed by atoms with Crippen LogP contribution in [0.1, 0.15) is 44.9 Å². The first-order valence-electron chi connectivity index (χ1n) is 7.81. The van der Waals surface area contributed by atoms with Crippen molar-refractivity contribution < 1.29 is 13.5 Å². The molecule has 1 saturated carbocycles. The predicted molar refractivity (Wildman–Crippen MR) is 81.6 cm³/mol. The van der Waals surface area contributed by atoms with Crippen LogP contribution in [0.15, 0.2) is 29.2 Å². The molecule has 5 heteroatoms. The standard InChI is InChI=1S/C16H23NO3S/c18-14-5-4-6-15(13-14)21(19,20)17-11-9-16(10-12-17)7-2-1-3-8-16/h4-6,13,18H,1-3,7-12H2. The summed E-state index contributed by atoms with van der Waals surface area (Å²) in [6.07, 6.45) is 8.38. The molecule has 0 atom stereocenters. The molecule has 1 heterocycles. The average Bonchev–Trinajstić information content (AvgIpc) is 2.48. The summed E-state index contributed by atoms with van der Waals surface area (Å²) in [7, 11) is -3.47. The van der Waals surface area contributed by atoms with Crippen molar-refractivity contribution in [3.63, 3.8) is 0 Å². The SMILES string of the molecule is O=S(=O)(c1cccc(O)c1)N1CCC2(CCCCC2)CC1. The predicted octanol–water partition coefficient (Wildman–Crippen LogP) is 3.13. The first-order chi connectivity index (χ1) is 10.0. The van der Waals surface area contributed by atoms with Crippen LogP contribution in [0.2, 0.25) is 0 Å². The van der Waals surface area contributed by atoms with Crippen LogP contribution in [0.4, 0.5) is 0 Å². The number of phenols is 1. The number of piperidine rings is 1. The highest BCUT2D eigenvalue weighted by Crippen LogP contribution is 2.45. The summed E-state index contributed by atoms with van der Waals surface area (Å²) in [6, 6.07) is 5.96. The van der Waals surface area contributed by atoms with Gasteiger partial charge in [-0.15, -0.1) is 0 Å². The van der Waals surface area contributed by atoms with E-state index < -0.39 is 10.0 Å². The summed E-state index contributed by atoms with van der Waals surface area (Å²) in [5, 5.41) is 9.49. The van der Waals surface area contributed by atoms with Gasteiger partial charge in [-0.2, -0.15) is 4.31 Å². The Bertz CT molecular complexity index is 596. The molecule has 0 aromatic heterocycles. The summed E-state index contributed by atoms with van der Waals surface area (Å²) in [6.45, 7) is 1.22. The smallest absolute Gasteiger partial charge is 0.243 e. The molecule has 1 aromatic carbocycles. The first kappa shape index (κ1) is 14.9. The van der Waals surface area contributed by atoms with Crippen LogP contribution in [0.3, 0.4) is 0 Å². The maximum Gasteiger partial charge on any atom is 0.243 e. The summed E-state index contributed by atoms with van der Waals surface area (Å²) in [5.41, 5.74) is 0.392. The van der Waals surface area contributed by atoms with Crippen molar-refractivity contribution in [2.24, 2.45) is 5.41 Å². The number of hydrogen-bond donors (Lipinski definition) is 1. The number of hydrogen-bond acceptors (Lipinski definition) is 3. The highest BCUT2D eigenvalue weighted by Gasteiger charge is 2.38. The van der Waals surface area contributed by atoms with Crippen LogP contribution >= 0.6 is 0 Å². The average molecular weight is 309 g/mol. The van der Waals surface area contributed by atoms with Crippen molar-refractivity contribution in [1.82, 2.24) is 4.31 Å². The maximum atomic E-state index is 12.6. The quantitative estimate of drug-likeness (QED) is 0.913. The third-order valence-corrected chi connectivity index (χ3v) is 7.05. The molecule has 1 aliphatic heterocycles. The topological polar surface area (TPSA) is 57.6 Å². The van der Waals surface area contributed by atoms with Crippen LogP contribution in [0.5, 0.6) is 5.75 Å². The number of nitrogens with zero attached hydrogens (tertiary/aromatic N) is 1. The molecule has 2 aliphatic rings. The van der Waals surface area contributed by atoms with Crippen molar-refractivity contribution in [1.29, 1.82) is 0 Å². The molecular weight excluding hydrogens is 286 g/mol. The number of aromatic hydroxyl groups is 1. The summed E-state index contributed by atoms with van der Waals surface area (Å²) in [5.74, 6) is -0.00293. The Balaban J connectivity index is 1.74. The highest BCUT2D eigenvalue weighted by atomic mass is 32.2. The zero-order valence-corrected chi connectivity index (χ0v) is 13.1. The third-order valence-electron chi connectivity index (χ3n) is 5.15. The molecule has 1 spiro atoms. The van der Waals surface area contributed by atoms with E-state index in [0.29, 0.717) is 18.5 Å². The van der Waals surface area contributed by atoms with Crippen LogP contribution in [-0.2, 0) is 10.0 Å². The summed E-state index contributed by atoms with van der Waals surface area (Å²) in [4.78, 5) is 0.196. The fourth-order valence-electron chi connectivity index (χ4n) is 3.80. The van der Waals surface area contributed by atoms with Gasteiger partial charge in [0.05, 0.1) is 4.90 Å². The van der Waals surface area contributed by atoms with Gasteiger partial charge in [-0.3, -0.25) is 0 Å². The minimum Gasteiger partial charge on any atom is -0.508 e. The Kier molecular flexibility index (Phi) is 3.97. The molecule has 1 aliphatic carbocycles. The van der Waals surface area contributed by atoms with E-state index in [1.54, 1.807) is 16.4 Å². The second-order valence-corrected chi connectivity index (χ2v) is 8.40.